The predicted molar refractivity (Wildman–Crippen MR) is 128 cm³/mol. The fourth-order valence-corrected chi connectivity index (χ4v) is 5.46. The highest BCUT2D eigenvalue weighted by Crippen LogP contribution is 2.20. The number of hydrogen-bond donors (Lipinski definition) is 0. The van der Waals surface area contributed by atoms with Gasteiger partial charge in [0.05, 0.1) is 11.3 Å². The van der Waals surface area contributed by atoms with Crippen LogP contribution in [0.4, 0.5) is 0 Å². The van der Waals surface area contributed by atoms with E-state index in [-0.39, 0.29) is 43.6 Å². The van der Waals surface area contributed by atoms with Gasteiger partial charge in [-0.25, -0.2) is 8.42 Å². The molecule has 4 rings (SSSR count). The molecule has 1 aliphatic rings. The Morgan fingerprint density at radius 2 is 1.33 bits per heavy atom. The minimum Gasteiger partial charge on any atom is -0.336 e. The second-order valence-electron chi connectivity index (χ2n) is 8.17. The van der Waals surface area contributed by atoms with Crippen LogP contribution in [0.3, 0.4) is 0 Å². The zero-order valence-electron chi connectivity index (χ0n) is 18.5. The van der Waals surface area contributed by atoms with Crippen molar-refractivity contribution in [2.45, 2.75) is 12.7 Å². The molecule has 1 aliphatic heterocycles. The molecule has 1 saturated heterocycles. The third-order valence-corrected chi connectivity index (χ3v) is 7.68. The van der Waals surface area contributed by atoms with Gasteiger partial charge in [-0.1, -0.05) is 78.4 Å². The molecular formula is C26H26N2O4S. The summed E-state index contributed by atoms with van der Waals surface area (Å²) in [6, 6.07) is 23.1. The van der Waals surface area contributed by atoms with Crippen molar-refractivity contribution in [1.29, 1.82) is 0 Å². The lowest BCUT2D eigenvalue weighted by Crippen LogP contribution is -2.50. The number of nitrogens with zero attached hydrogens (tertiary/aromatic N) is 2. The summed E-state index contributed by atoms with van der Waals surface area (Å²) in [5.41, 5.74) is 3.00. The van der Waals surface area contributed by atoms with Crippen LogP contribution in [-0.2, 0) is 15.8 Å². The number of sulfonamides is 1. The van der Waals surface area contributed by atoms with Crippen LogP contribution in [0.25, 0.3) is 0 Å². The van der Waals surface area contributed by atoms with Gasteiger partial charge in [0, 0.05) is 37.3 Å². The molecule has 170 valence electrons. The highest BCUT2D eigenvalue weighted by Gasteiger charge is 2.30. The second-order valence-corrected chi connectivity index (χ2v) is 10.1. The molecule has 0 aromatic heterocycles. The summed E-state index contributed by atoms with van der Waals surface area (Å²) in [5.74, 6) is -0.524. The average molecular weight is 463 g/mol. The monoisotopic (exact) mass is 462 g/mol. The SMILES string of the molecule is Cc1ccc(C(=O)c2ccccc2C(=O)N2CCN(S(=O)(=O)Cc3ccccc3)CC2)cc1. The van der Waals surface area contributed by atoms with E-state index in [9.17, 15) is 18.0 Å². The fourth-order valence-electron chi connectivity index (χ4n) is 3.94. The summed E-state index contributed by atoms with van der Waals surface area (Å²) in [4.78, 5) is 27.9. The summed E-state index contributed by atoms with van der Waals surface area (Å²) < 4.78 is 27.0. The topological polar surface area (TPSA) is 74.8 Å². The summed E-state index contributed by atoms with van der Waals surface area (Å²) in [6.07, 6.45) is 0. The molecule has 0 atom stereocenters. The van der Waals surface area contributed by atoms with E-state index in [0.717, 1.165) is 11.1 Å². The van der Waals surface area contributed by atoms with E-state index in [2.05, 4.69) is 0 Å². The summed E-state index contributed by atoms with van der Waals surface area (Å²) in [7, 11) is -3.47. The third kappa shape index (κ3) is 5.21. The first-order valence-electron chi connectivity index (χ1n) is 10.9. The third-order valence-electron chi connectivity index (χ3n) is 5.83. The van der Waals surface area contributed by atoms with Gasteiger partial charge in [-0.05, 0) is 18.6 Å². The van der Waals surface area contributed by atoms with Crippen molar-refractivity contribution in [3.05, 3.63) is 107 Å². The number of benzene rings is 3. The van der Waals surface area contributed by atoms with E-state index >= 15 is 0 Å². The molecule has 1 heterocycles. The Labute approximate surface area is 194 Å². The molecule has 0 saturated carbocycles. The van der Waals surface area contributed by atoms with Crippen molar-refractivity contribution >= 4 is 21.7 Å². The van der Waals surface area contributed by atoms with Gasteiger partial charge < -0.3 is 4.90 Å². The van der Waals surface area contributed by atoms with Crippen molar-refractivity contribution in [3.8, 4) is 0 Å². The fraction of sp³-hybridized carbons (Fsp3) is 0.231. The number of amides is 1. The van der Waals surface area contributed by atoms with Crippen LogP contribution in [0.15, 0.2) is 78.9 Å². The van der Waals surface area contributed by atoms with Gasteiger partial charge in [0.25, 0.3) is 5.91 Å². The lowest BCUT2D eigenvalue weighted by molar-refractivity contribution is 0.0694. The first-order chi connectivity index (χ1) is 15.8. The second kappa shape index (κ2) is 9.68. The lowest BCUT2D eigenvalue weighted by Gasteiger charge is -2.34. The maximum absolute atomic E-state index is 13.3. The van der Waals surface area contributed by atoms with E-state index in [1.54, 1.807) is 53.4 Å². The van der Waals surface area contributed by atoms with Crippen LogP contribution in [0.1, 0.15) is 37.4 Å². The van der Waals surface area contributed by atoms with E-state index in [4.69, 9.17) is 0 Å². The molecule has 3 aromatic rings. The number of ketones is 1. The number of hydrogen-bond acceptors (Lipinski definition) is 4. The average Bonchev–Trinajstić information content (AvgIpc) is 2.84. The van der Waals surface area contributed by atoms with Crippen LogP contribution in [0.5, 0.6) is 0 Å². The molecule has 0 radical (unpaired) electrons. The molecule has 6 nitrogen and oxygen atoms in total. The molecular weight excluding hydrogens is 436 g/mol. The van der Waals surface area contributed by atoms with Crippen molar-refractivity contribution < 1.29 is 18.0 Å². The Hall–Kier alpha value is -3.29. The number of carbonyl (C=O) groups excluding carboxylic acids is 2. The van der Waals surface area contributed by atoms with Crippen LogP contribution in [-0.4, -0.2) is 55.5 Å². The zero-order chi connectivity index (χ0) is 23.4. The molecule has 0 N–H and O–H groups in total. The lowest BCUT2D eigenvalue weighted by atomic mass is 9.97. The number of piperazine rings is 1. The minimum absolute atomic E-state index is 0.0598. The van der Waals surface area contributed by atoms with Gasteiger partial charge in [0.2, 0.25) is 10.0 Å². The summed E-state index contributed by atoms with van der Waals surface area (Å²) in [5, 5.41) is 0. The number of aryl methyl sites for hydroxylation is 1. The Morgan fingerprint density at radius 1 is 0.758 bits per heavy atom. The molecule has 0 unspecified atom stereocenters. The Bertz CT molecular complexity index is 1250. The van der Waals surface area contributed by atoms with Crippen LogP contribution in [0, 0.1) is 6.92 Å². The molecule has 0 aliphatic carbocycles. The maximum atomic E-state index is 13.3. The van der Waals surface area contributed by atoms with Crippen molar-refractivity contribution in [2.24, 2.45) is 0 Å². The largest absolute Gasteiger partial charge is 0.336 e. The highest BCUT2D eigenvalue weighted by molar-refractivity contribution is 7.88. The molecule has 33 heavy (non-hydrogen) atoms. The number of carbonyl (C=O) groups is 2. The molecule has 0 spiro atoms. The van der Waals surface area contributed by atoms with E-state index in [1.165, 1.54) is 4.31 Å². The van der Waals surface area contributed by atoms with Gasteiger partial charge in [0.1, 0.15) is 0 Å². The molecule has 1 fully saturated rings. The van der Waals surface area contributed by atoms with Crippen molar-refractivity contribution in [3.63, 3.8) is 0 Å². The van der Waals surface area contributed by atoms with Gasteiger partial charge in [0.15, 0.2) is 5.78 Å². The van der Waals surface area contributed by atoms with Gasteiger partial charge in [-0.3, -0.25) is 9.59 Å². The molecule has 3 aromatic carbocycles. The van der Waals surface area contributed by atoms with Gasteiger partial charge in [-0.15, -0.1) is 0 Å². The molecule has 7 heteroatoms. The van der Waals surface area contributed by atoms with E-state index < -0.39 is 10.0 Å². The first kappa shape index (κ1) is 22.9. The van der Waals surface area contributed by atoms with Crippen molar-refractivity contribution in [1.82, 2.24) is 9.21 Å². The first-order valence-corrected chi connectivity index (χ1v) is 12.5. The van der Waals surface area contributed by atoms with Gasteiger partial charge >= 0.3 is 0 Å². The Kier molecular flexibility index (Phi) is 6.72. The normalized spacial score (nSPS) is 14.8. The van der Waals surface area contributed by atoms with E-state index in [1.807, 2.05) is 37.3 Å². The Morgan fingerprint density at radius 3 is 1.97 bits per heavy atom. The standard InChI is InChI=1S/C26H26N2O4S/c1-20-11-13-22(14-12-20)25(29)23-9-5-6-10-24(23)26(30)27-15-17-28(18-16-27)33(31,32)19-21-7-3-2-4-8-21/h2-14H,15-19H2,1H3. The molecule has 0 bridgehead atoms. The Balaban J connectivity index is 1.46. The summed E-state index contributed by atoms with van der Waals surface area (Å²) >= 11 is 0. The van der Waals surface area contributed by atoms with Gasteiger partial charge in [-0.2, -0.15) is 4.31 Å². The van der Waals surface area contributed by atoms with Crippen LogP contribution >= 0.6 is 0 Å². The summed E-state index contributed by atoms with van der Waals surface area (Å²) in [6.45, 7) is 2.97. The minimum atomic E-state index is -3.47. The maximum Gasteiger partial charge on any atom is 0.254 e. The highest BCUT2D eigenvalue weighted by atomic mass is 32.2. The smallest absolute Gasteiger partial charge is 0.254 e. The van der Waals surface area contributed by atoms with Crippen molar-refractivity contribution in [2.75, 3.05) is 26.2 Å². The quantitative estimate of drug-likeness (QED) is 0.526. The van der Waals surface area contributed by atoms with Crippen LogP contribution < -0.4 is 0 Å². The number of rotatable bonds is 6. The molecule has 1 amide bonds. The van der Waals surface area contributed by atoms with E-state index in [0.29, 0.717) is 16.7 Å². The zero-order valence-corrected chi connectivity index (χ0v) is 19.3. The van der Waals surface area contributed by atoms with Crippen LogP contribution in [0.2, 0.25) is 0 Å². The predicted octanol–water partition coefficient (Wildman–Crippen LogP) is 3.51.